The molecule has 1 heterocycles. The van der Waals surface area contributed by atoms with Crippen LogP contribution in [0.25, 0.3) is 6.08 Å². The second kappa shape index (κ2) is 7.82. The molecule has 0 saturated carbocycles. The first-order chi connectivity index (χ1) is 13.1. The molecule has 1 fully saturated rings. The highest BCUT2D eigenvalue weighted by atomic mass is 16.5. The molecular formula is C20H20N2O5. The molecule has 140 valence electrons. The normalized spacial score (nSPS) is 15.1. The van der Waals surface area contributed by atoms with Crippen LogP contribution < -0.4 is 19.5 Å². The molecule has 0 radical (unpaired) electrons. The van der Waals surface area contributed by atoms with E-state index in [9.17, 15) is 9.59 Å². The summed E-state index contributed by atoms with van der Waals surface area (Å²) in [4.78, 5) is 26.1. The Labute approximate surface area is 157 Å². The predicted octanol–water partition coefficient (Wildman–Crippen LogP) is 2.81. The molecule has 0 aliphatic carbocycles. The summed E-state index contributed by atoms with van der Waals surface area (Å²) >= 11 is 0. The number of carbonyl (C=O) groups is 2. The van der Waals surface area contributed by atoms with Crippen LogP contribution in [-0.2, 0) is 11.3 Å². The summed E-state index contributed by atoms with van der Waals surface area (Å²) in [5.41, 5.74) is 1.62. The largest absolute Gasteiger partial charge is 0.493 e. The maximum atomic E-state index is 12.7. The fourth-order valence-electron chi connectivity index (χ4n) is 2.87. The Morgan fingerprint density at radius 3 is 2.26 bits per heavy atom. The van der Waals surface area contributed by atoms with Crippen molar-refractivity contribution in [2.75, 3.05) is 21.3 Å². The predicted molar refractivity (Wildman–Crippen MR) is 99.6 cm³/mol. The van der Waals surface area contributed by atoms with Crippen molar-refractivity contribution in [1.82, 2.24) is 10.2 Å². The third kappa shape index (κ3) is 3.57. The monoisotopic (exact) mass is 368 g/mol. The van der Waals surface area contributed by atoms with Gasteiger partial charge in [0.1, 0.15) is 5.70 Å². The molecular weight excluding hydrogens is 348 g/mol. The van der Waals surface area contributed by atoms with Gasteiger partial charge in [0.05, 0.1) is 27.9 Å². The zero-order valence-corrected chi connectivity index (χ0v) is 15.3. The second-order valence-electron chi connectivity index (χ2n) is 5.79. The standard InChI is InChI=1S/C20H20N2O5/c1-25-16-10-9-14(17(26-2)18(16)27-3)11-15-19(23)22(20(24)21-15)12-13-7-5-4-6-8-13/h4-11H,12H2,1-3H3,(H,21,24). The van der Waals surface area contributed by atoms with E-state index in [1.165, 1.54) is 21.3 Å². The summed E-state index contributed by atoms with van der Waals surface area (Å²) in [6, 6.07) is 12.3. The topological polar surface area (TPSA) is 77.1 Å². The SMILES string of the molecule is COc1ccc(C=C2NC(=O)N(Cc3ccccc3)C2=O)c(OC)c1OC. The highest BCUT2D eigenvalue weighted by molar-refractivity contribution is 6.14. The molecule has 0 spiro atoms. The number of carbonyl (C=O) groups excluding carboxylic acids is 2. The van der Waals surface area contributed by atoms with E-state index in [0.717, 1.165) is 10.5 Å². The van der Waals surface area contributed by atoms with Crippen molar-refractivity contribution in [2.24, 2.45) is 0 Å². The van der Waals surface area contributed by atoms with E-state index in [2.05, 4.69) is 5.32 Å². The zero-order chi connectivity index (χ0) is 19.4. The lowest BCUT2D eigenvalue weighted by Gasteiger charge is -2.14. The van der Waals surface area contributed by atoms with Gasteiger partial charge in [0, 0.05) is 5.56 Å². The summed E-state index contributed by atoms with van der Waals surface area (Å²) in [6.07, 6.45) is 1.56. The van der Waals surface area contributed by atoms with Gasteiger partial charge in [-0.1, -0.05) is 30.3 Å². The molecule has 1 aliphatic rings. The third-order valence-corrected chi connectivity index (χ3v) is 4.18. The van der Waals surface area contributed by atoms with E-state index >= 15 is 0 Å². The van der Waals surface area contributed by atoms with Gasteiger partial charge < -0.3 is 19.5 Å². The number of nitrogens with zero attached hydrogens (tertiary/aromatic N) is 1. The van der Waals surface area contributed by atoms with Crippen LogP contribution >= 0.6 is 0 Å². The van der Waals surface area contributed by atoms with Crippen LogP contribution in [0, 0.1) is 0 Å². The molecule has 0 aromatic heterocycles. The molecule has 1 saturated heterocycles. The van der Waals surface area contributed by atoms with Gasteiger partial charge >= 0.3 is 6.03 Å². The average Bonchev–Trinajstić information content (AvgIpc) is 2.95. The van der Waals surface area contributed by atoms with Crippen molar-refractivity contribution in [3.05, 3.63) is 59.3 Å². The summed E-state index contributed by atoms with van der Waals surface area (Å²) in [7, 11) is 4.52. The minimum absolute atomic E-state index is 0.168. The smallest absolute Gasteiger partial charge is 0.329 e. The Bertz CT molecular complexity index is 893. The molecule has 3 amide bonds. The first kappa shape index (κ1) is 18.3. The fraction of sp³-hybridized carbons (Fsp3) is 0.200. The first-order valence-corrected chi connectivity index (χ1v) is 8.26. The molecule has 1 aliphatic heterocycles. The maximum Gasteiger partial charge on any atom is 0.329 e. The van der Waals surface area contributed by atoms with E-state index in [4.69, 9.17) is 14.2 Å². The summed E-state index contributed by atoms with van der Waals surface area (Å²) < 4.78 is 16.0. The van der Waals surface area contributed by atoms with Crippen molar-refractivity contribution < 1.29 is 23.8 Å². The quantitative estimate of drug-likeness (QED) is 0.627. The summed E-state index contributed by atoms with van der Waals surface area (Å²) in [5.74, 6) is 0.921. The third-order valence-electron chi connectivity index (χ3n) is 4.18. The van der Waals surface area contributed by atoms with Gasteiger partial charge in [-0.15, -0.1) is 0 Å². The molecule has 0 atom stereocenters. The van der Waals surface area contributed by atoms with Crippen molar-refractivity contribution in [2.45, 2.75) is 6.54 Å². The minimum Gasteiger partial charge on any atom is -0.493 e. The lowest BCUT2D eigenvalue weighted by atomic mass is 10.1. The number of rotatable bonds is 6. The maximum absolute atomic E-state index is 12.7. The number of methoxy groups -OCH3 is 3. The Hall–Kier alpha value is -3.48. The highest BCUT2D eigenvalue weighted by Gasteiger charge is 2.33. The number of amides is 3. The van der Waals surface area contributed by atoms with Crippen molar-refractivity contribution in [3.63, 3.8) is 0 Å². The van der Waals surface area contributed by atoms with Gasteiger partial charge in [-0.2, -0.15) is 0 Å². The molecule has 3 rings (SSSR count). The van der Waals surface area contributed by atoms with Crippen LogP contribution in [0.3, 0.4) is 0 Å². The lowest BCUT2D eigenvalue weighted by Crippen LogP contribution is -2.30. The van der Waals surface area contributed by atoms with E-state index < -0.39 is 11.9 Å². The number of nitrogens with one attached hydrogen (secondary N) is 1. The highest BCUT2D eigenvalue weighted by Crippen LogP contribution is 2.40. The minimum atomic E-state index is -0.463. The van der Waals surface area contributed by atoms with E-state index in [1.807, 2.05) is 30.3 Å². The number of ether oxygens (including phenoxy) is 3. The van der Waals surface area contributed by atoms with Crippen LogP contribution in [0.5, 0.6) is 17.2 Å². The Morgan fingerprint density at radius 1 is 0.926 bits per heavy atom. The van der Waals surface area contributed by atoms with Gasteiger partial charge in [-0.25, -0.2) is 4.79 Å². The van der Waals surface area contributed by atoms with E-state index in [0.29, 0.717) is 22.8 Å². The molecule has 1 N–H and O–H groups in total. The molecule has 0 bridgehead atoms. The first-order valence-electron chi connectivity index (χ1n) is 8.26. The molecule has 7 heteroatoms. The summed E-state index contributed by atoms with van der Waals surface area (Å²) in [6.45, 7) is 0.200. The molecule has 7 nitrogen and oxygen atoms in total. The second-order valence-corrected chi connectivity index (χ2v) is 5.79. The van der Waals surface area contributed by atoms with Gasteiger partial charge in [0.2, 0.25) is 5.75 Å². The number of imide groups is 1. The van der Waals surface area contributed by atoms with Crippen LogP contribution in [0.2, 0.25) is 0 Å². The Morgan fingerprint density at radius 2 is 1.63 bits per heavy atom. The fourth-order valence-corrected chi connectivity index (χ4v) is 2.87. The number of hydrogen-bond donors (Lipinski definition) is 1. The van der Waals surface area contributed by atoms with Crippen LogP contribution in [0.4, 0.5) is 4.79 Å². The Balaban J connectivity index is 1.92. The van der Waals surface area contributed by atoms with E-state index in [1.54, 1.807) is 18.2 Å². The molecule has 27 heavy (non-hydrogen) atoms. The summed E-state index contributed by atoms with van der Waals surface area (Å²) in [5, 5.41) is 2.61. The average molecular weight is 368 g/mol. The van der Waals surface area contributed by atoms with E-state index in [-0.39, 0.29) is 12.2 Å². The lowest BCUT2D eigenvalue weighted by molar-refractivity contribution is -0.123. The van der Waals surface area contributed by atoms with Crippen molar-refractivity contribution in [3.8, 4) is 17.2 Å². The zero-order valence-electron chi connectivity index (χ0n) is 15.3. The van der Waals surface area contributed by atoms with Gasteiger partial charge in [-0.05, 0) is 23.8 Å². The number of urea groups is 1. The molecule has 2 aromatic carbocycles. The van der Waals surface area contributed by atoms with Gasteiger partial charge in [0.25, 0.3) is 5.91 Å². The van der Waals surface area contributed by atoms with Crippen LogP contribution in [-0.4, -0.2) is 38.2 Å². The van der Waals surface area contributed by atoms with Crippen molar-refractivity contribution >= 4 is 18.0 Å². The molecule has 2 aromatic rings. The van der Waals surface area contributed by atoms with Crippen LogP contribution in [0.15, 0.2) is 48.2 Å². The molecule has 0 unspecified atom stereocenters. The van der Waals surface area contributed by atoms with Crippen molar-refractivity contribution in [1.29, 1.82) is 0 Å². The Kier molecular flexibility index (Phi) is 5.30. The van der Waals surface area contributed by atoms with Gasteiger partial charge in [0.15, 0.2) is 11.5 Å². The van der Waals surface area contributed by atoms with Crippen LogP contribution in [0.1, 0.15) is 11.1 Å². The number of hydrogen-bond acceptors (Lipinski definition) is 5. The number of benzene rings is 2. The van der Waals surface area contributed by atoms with Gasteiger partial charge in [-0.3, -0.25) is 9.69 Å².